The van der Waals surface area contributed by atoms with Gasteiger partial charge in [-0.3, -0.25) is 0 Å². The largest absolute Gasteiger partial charge is 0.301 e. The van der Waals surface area contributed by atoms with Crippen molar-refractivity contribution in [3.63, 3.8) is 0 Å². The lowest BCUT2D eigenvalue weighted by Crippen LogP contribution is -2.34. The Balaban J connectivity index is -0.000000266. The smallest absolute Gasteiger partial charge is 0.00664 e. The fraction of sp³-hybridized carbons (Fsp3) is 1.00. The molecule has 0 aromatic carbocycles. The Labute approximate surface area is 92.9 Å². The first-order valence-electron chi connectivity index (χ1n) is 6.31. The summed E-state index contributed by atoms with van der Waals surface area (Å²) < 4.78 is 0. The molecule has 0 aliphatic rings. The highest BCUT2D eigenvalue weighted by atomic mass is 15.1. The maximum atomic E-state index is 2.42. The molecule has 0 saturated heterocycles. The Bertz CT molecular complexity index is 79.3. The summed E-state index contributed by atoms with van der Waals surface area (Å²) in [5.74, 6) is 0. The fourth-order valence-electron chi connectivity index (χ4n) is 1.13. The number of hydrogen-bond acceptors (Lipinski definition) is 1. The Morgan fingerprint density at radius 1 is 0.929 bits per heavy atom. The molecule has 0 fully saturated rings. The highest BCUT2D eigenvalue weighted by Gasteiger charge is 2.09. The van der Waals surface area contributed by atoms with Gasteiger partial charge in [0, 0.05) is 12.1 Å². The molecule has 0 rings (SSSR count). The summed E-state index contributed by atoms with van der Waals surface area (Å²) in [6.07, 6.45) is 2.60. The van der Waals surface area contributed by atoms with Crippen molar-refractivity contribution in [2.75, 3.05) is 7.05 Å². The van der Waals surface area contributed by atoms with Crippen LogP contribution in [0.15, 0.2) is 0 Å². The minimum atomic E-state index is 0.682. The zero-order chi connectivity index (χ0) is 12.1. The Morgan fingerprint density at radius 3 is 1.50 bits per heavy atom. The van der Waals surface area contributed by atoms with Crippen molar-refractivity contribution >= 4 is 0 Å². The van der Waals surface area contributed by atoms with Crippen molar-refractivity contribution in [2.45, 2.75) is 80.3 Å². The van der Waals surface area contributed by atoms with Crippen molar-refractivity contribution in [3.05, 3.63) is 0 Å². The summed E-state index contributed by atoms with van der Waals surface area (Å²) in [7, 11) is 2.20. The molecule has 0 N–H and O–H groups in total. The molecule has 0 saturated carbocycles. The van der Waals surface area contributed by atoms with Crippen LogP contribution in [-0.4, -0.2) is 24.0 Å². The molecular formula is C13H33N. The summed E-state index contributed by atoms with van der Waals surface area (Å²) in [6, 6.07) is 1.42. The molecule has 0 aromatic rings. The van der Waals surface area contributed by atoms with Gasteiger partial charge in [-0.15, -0.1) is 0 Å². The third-order valence-corrected chi connectivity index (χ3v) is 2.22. The van der Waals surface area contributed by atoms with Gasteiger partial charge in [0.1, 0.15) is 0 Å². The van der Waals surface area contributed by atoms with Crippen molar-refractivity contribution in [1.29, 1.82) is 0 Å². The van der Waals surface area contributed by atoms with Crippen LogP contribution in [0.25, 0.3) is 0 Å². The van der Waals surface area contributed by atoms with Crippen LogP contribution in [0.2, 0.25) is 0 Å². The summed E-state index contributed by atoms with van der Waals surface area (Å²) in [5, 5.41) is 0. The Morgan fingerprint density at radius 2 is 1.29 bits per heavy atom. The van der Waals surface area contributed by atoms with Crippen molar-refractivity contribution in [2.24, 2.45) is 0 Å². The molecule has 0 amide bonds. The molecular weight excluding hydrogens is 170 g/mol. The van der Waals surface area contributed by atoms with Gasteiger partial charge in [0.2, 0.25) is 0 Å². The summed E-state index contributed by atoms with van der Waals surface area (Å²) in [4.78, 5) is 2.42. The topological polar surface area (TPSA) is 3.24 Å². The van der Waals surface area contributed by atoms with Crippen LogP contribution < -0.4 is 0 Å². The van der Waals surface area contributed by atoms with Gasteiger partial charge in [0.25, 0.3) is 0 Å². The van der Waals surface area contributed by atoms with Gasteiger partial charge in [-0.05, 0) is 34.2 Å². The Hall–Kier alpha value is -0.0400. The fourth-order valence-corrected chi connectivity index (χ4v) is 1.13. The van der Waals surface area contributed by atoms with Crippen LogP contribution in [0.5, 0.6) is 0 Å². The predicted molar refractivity (Wildman–Crippen MR) is 70.0 cm³/mol. The molecule has 0 aliphatic carbocycles. The van der Waals surface area contributed by atoms with Gasteiger partial charge >= 0.3 is 0 Å². The first kappa shape index (κ1) is 19.5. The van der Waals surface area contributed by atoms with Gasteiger partial charge in [-0.1, -0.05) is 41.0 Å². The van der Waals surface area contributed by atoms with Crippen LogP contribution >= 0.6 is 0 Å². The van der Waals surface area contributed by atoms with Gasteiger partial charge in [-0.2, -0.15) is 0 Å². The molecule has 1 atom stereocenters. The minimum absolute atomic E-state index is 0.682. The van der Waals surface area contributed by atoms with Crippen LogP contribution in [0, 0.1) is 0 Å². The lowest BCUT2D eigenvalue weighted by Gasteiger charge is -2.27. The van der Waals surface area contributed by atoms with E-state index in [2.05, 4.69) is 39.6 Å². The third-order valence-electron chi connectivity index (χ3n) is 2.22. The highest BCUT2D eigenvalue weighted by molar-refractivity contribution is 4.65. The third kappa shape index (κ3) is 12.0. The maximum Gasteiger partial charge on any atom is 0.00664 e. The molecule has 0 unspecified atom stereocenters. The minimum Gasteiger partial charge on any atom is -0.301 e. The molecule has 0 aliphatic heterocycles. The lowest BCUT2D eigenvalue weighted by molar-refractivity contribution is 0.198. The number of rotatable bonds is 4. The van der Waals surface area contributed by atoms with Crippen molar-refractivity contribution in [1.82, 2.24) is 4.90 Å². The van der Waals surface area contributed by atoms with Gasteiger partial charge in [-0.25, -0.2) is 0 Å². The van der Waals surface area contributed by atoms with E-state index in [0.29, 0.717) is 6.04 Å². The van der Waals surface area contributed by atoms with Gasteiger partial charge < -0.3 is 4.90 Å². The second-order valence-corrected chi connectivity index (χ2v) is 3.40. The van der Waals surface area contributed by atoms with E-state index >= 15 is 0 Å². The van der Waals surface area contributed by atoms with Gasteiger partial charge in [0.15, 0.2) is 0 Å². The average Bonchev–Trinajstić information content (AvgIpc) is 2.23. The normalized spacial score (nSPS) is 11.4. The summed E-state index contributed by atoms with van der Waals surface area (Å²) in [5.41, 5.74) is 0. The first-order chi connectivity index (χ1) is 6.59. The van der Waals surface area contributed by atoms with E-state index in [4.69, 9.17) is 0 Å². The molecule has 0 bridgehead atoms. The molecule has 0 heterocycles. The number of hydrogen-bond donors (Lipinski definition) is 0. The average molecular weight is 203 g/mol. The van der Waals surface area contributed by atoms with E-state index in [9.17, 15) is 0 Å². The standard InChI is InChI=1S/C9H21N.2C2H6/c1-6-7-9(4)10(5)8(2)3;2*1-2/h8-9H,6-7H2,1-5H3;2*1-2H3/t9-;;/m0../s1. The molecule has 90 valence electrons. The van der Waals surface area contributed by atoms with E-state index in [1.165, 1.54) is 12.8 Å². The second-order valence-electron chi connectivity index (χ2n) is 3.40. The monoisotopic (exact) mass is 203 g/mol. The van der Waals surface area contributed by atoms with Gasteiger partial charge in [0.05, 0.1) is 0 Å². The molecule has 0 aromatic heterocycles. The van der Waals surface area contributed by atoms with E-state index < -0.39 is 0 Å². The van der Waals surface area contributed by atoms with E-state index in [1.54, 1.807) is 0 Å². The summed E-state index contributed by atoms with van der Waals surface area (Å²) in [6.45, 7) is 17.0. The van der Waals surface area contributed by atoms with Crippen LogP contribution in [0.4, 0.5) is 0 Å². The first-order valence-corrected chi connectivity index (χ1v) is 6.31. The SMILES string of the molecule is CC.CC.CCC[C@H](C)N(C)C(C)C. The van der Waals surface area contributed by atoms with Crippen LogP contribution in [0.3, 0.4) is 0 Å². The van der Waals surface area contributed by atoms with Crippen molar-refractivity contribution in [3.8, 4) is 0 Å². The molecule has 1 heteroatoms. The second kappa shape index (κ2) is 15.4. The zero-order valence-electron chi connectivity index (χ0n) is 12.0. The molecule has 0 radical (unpaired) electrons. The zero-order valence-corrected chi connectivity index (χ0v) is 12.0. The molecule has 14 heavy (non-hydrogen) atoms. The van der Waals surface area contributed by atoms with Crippen LogP contribution in [0.1, 0.15) is 68.2 Å². The van der Waals surface area contributed by atoms with E-state index in [0.717, 1.165) is 6.04 Å². The van der Waals surface area contributed by atoms with Crippen LogP contribution in [-0.2, 0) is 0 Å². The molecule has 0 spiro atoms. The lowest BCUT2D eigenvalue weighted by atomic mass is 10.1. The number of nitrogens with zero attached hydrogens (tertiary/aromatic N) is 1. The predicted octanol–water partition coefficient (Wildman–Crippen LogP) is 4.57. The summed E-state index contributed by atoms with van der Waals surface area (Å²) >= 11 is 0. The quantitative estimate of drug-likeness (QED) is 0.647. The van der Waals surface area contributed by atoms with E-state index in [1.807, 2.05) is 27.7 Å². The van der Waals surface area contributed by atoms with E-state index in [-0.39, 0.29) is 0 Å². The van der Waals surface area contributed by atoms with Crippen molar-refractivity contribution < 1.29 is 0 Å². The Kier molecular flexibility index (Phi) is 21.5. The molecule has 1 nitrogen and oxygen atoms in total. The highest BCUT2D eigenvalue weighted by Crippen LogP contribution is 2.06. The maximum absolute atomic E-state index is 2.42.